The van der Waals surface area contributed by atoms with Crippen LogP contribution >= 0.6 is 35.3 Å². The van der Waals surface area contributed by atoms with Gasteiger partial charge in [-0.05, 0) is 53.5 Å². The number of guanidine groups is 1. The molecule has 0 spiro atoms. The minimum Gasteiger partial charge on any atom is -0.356 e. The van der Waals surface area contributed by atoms with E-state index in [9.17, 15) is 8.42 Å². The summed E-state index contributed by atoms with van der Waals surface area (Å²) in [6.07, 6.45) is 5.77. The Morgan fingerprint density at radius 2 is 2.12 bits per heavy atom. The number of nitrogens with one attached hydrogen (secondary N) is 2. The molecular weight excluding hydrogens is 481 g/mol. The van der Waals surface area contributed by atoms with Crippen molar-refractivity contribution in [1.29, 1.82) is 0 Å². The fourth-order valence-electron chi connectivity index (χ4n) is 3.69. The van der Waals surface area contributed by atoms with Crippen molar-refractivity contribution in [2.75, 3.05) is 18.1 Å². The molecule has 0 radical (unpaired) electrons. The average molecular weight is 511 g/mol. The second-order valence-corrected chi connectivity index (χ2v) is 10.5. The molecule has 1 saturated heterocycles. The molecule has 3 atom stereocenters. The number of rotatable bonds is 5. The maximum atomic E-state index is 11.7. The van der Waals surface area contributed by atoms with Crippen molar-refractivity contribution >= 4 is 51.1 Å². The van der Waals surface area contributed by atoms with Gasteiger partial charge in [-0.1, -0.05) is 19.8 Å². The highest BCUT2D eigenvalue weighted by molar-refractivity contribution is 14.0. The fraction of sp³-hybridized carbons (Fsp3) is 0.722. The minimum absolute atomic E-state index is 0. The second kappa shape index (κ2) is 10.3. The lowest BCUT2D eigenvalue weighted by molar-refractivity contribution is 0.306. The molecule has 5 nitrogen and oxygen atoms in total. The minimum atomic E-state index is -2.83. The van der Waals surface area contributed by atoms with Crippen molar-refractivity contribution in [2.24, 2.45) is 16.8 Å². The number of nitrogens with zero attached hydrogens (tertiary/aromatic N) is 1. The molecule has 1 aromatic heterocycles. The summed E-state index contributed by atoms with van der Waals surface area (Å²) in [6.45, 7) is 3.63. The van der Waals surface area contributed by atoms with Gasteiger partial charge in [0.2, 0.25) is 0 Å². The van der Waals surface area contributed by atoms with Crippen molar-refractivity contribution in [3.63, 3.8) is 0 Å². The molecule has 0 aromatic carbocycles. The number of halogens is 1. The number of hydrogen-bond donors (Lipinski definition) is 2. The highest BCUT2D eigenvalue weighted by Gasteiger charge is 2.28. The molecule has 26 heavy (non-hydrogen) atoms. The van der Waals surface area contributed by atoms with Crippen LogP contribution in [0.15, 0.2) is 21.8 Å². The SMILES string of the molecule is CC1CCCCC1NC(=NCc1ccsc1)NCC1CCS(=O)(=O)C1.I. The lowest BCUT2D eigenvalue weighted by Gasteiger charge is -2.31. The molecule has 1 aromatic rings. The van der Waals surface area contributed by atoms with E-state index in [1.54, 1.807) is 11.3 Å². The molecule has 0 amide bonds. The molecule has 1 aliphatic heterocycles. The van der Waals surface area contributed by atoms with Gasteiger partial charge in [0.25, 0.3) is 0 Å². The van der Waals surface area contributed by atoms with Gasteiger partial charge in [0, 0.05) is 12.6 Å². The van der Waals surface area contributed by atoms with Crippen LogP contribution in [-0.2, 0) is 16.4 Å². The first-order valence-corrected chi connectivity index (χ1v) is 12.0. The molecule has 3 rings (SSSR count). The number of thiophene rings is 1. The standard InChI is InChI=1S/C18H29N3O2S2.HI/c1-14-4-2-3-5-17(14)21-18(19-10-15-6-8-24-12-15)20-11-16-7-9-25(22,23)13-16;/h6,8,12,14,16-17H,2-5,7,9-11,13H2,1H3,(H2,19,20,21);1H. The Balaban J connectivity index is 0.00000243. The van der Waals surface area contributed by atoms with Crippen LogP contribution in [0.5, 0.6) is 0 Å². The summed E-state index contributed by atoms with van der Waals surface area (Å²) >= 11 is 1.68. The van der Waals surface area contributed by atoms with Gasteiger partial charge in [-0.3, -0.25) is 0 Å². The molecule has 2 aliphatic rings. The van der Waals surface area contributed by atoms with Crippen LogP contribution in [0.4, 0.5) is 0 Å². The highest BCUT2D eigenvalue weighted by atomic mass is 127. The normalized spacial score (nSPS) is 28.3. The topological polar surface area (TPSA) is 70.6 Å². The predicted octanol–water partition coefficient (Wildman–Crippen LogP) is 3.41. The van der Waals surface area contributed by atoms with E-state index in [1.165, 1.54) is 31.2 Å². The second-order valence-electron chi connectivity index (χ2n) is 7.46. The Morgan fingerprint density at radius 1 is 1.31 bits per heavy atom. The smallest absolute Gasteiger partial charge is 0.191 e. The van der Waals surface area contributed by atoms with Gasteiger partial charge in [-0.15, -0.1) is 24.0 Å². The third-order valence-electron chi connectivity index (χ3n) is 5.32. The molecule has 148 valence electrons. The summed E-state index contributed by atoms with van der Waals surface area (Å²) in [7, 11) is -2.83. The molecule has 2 heterocycles. The molecule has 1 aliphatic carbocycles. The Morgan fingerprint density at radius 3 is 2.77 bits per heavy atom. The van der Waals surface area contributed by atoms with Gasteiger partial charge in [0.1, 0.15) is 0 Å². The van der Waals surface area contributed by atoms with Gasteiger partial charge < -0.3 is 10.6 Å². The fourth-order valence-corrected chi connectivity index (χ4v) is 6.21. The Bertz CT molecular complexity index is 677. The largest absolute Gasteiger partial charge is 0.356 e. The van der Waals surface area contributed by atoms with Gasteiger partial charge in [0.15, 0.2) is 15.8 Å². The third-order valence-corrected chi connectivity index (χ3v) is 7.89. The van der Waals surface area contributed by atoms with E-state index in [0.717, 1.165) is 12.4 Å². The summed E-state index contributed by atoms with van der Waals surface area (Å²) < 4.78 is 23.3. The van der Waals surface area contributed by atoms with Crippen molar-refractivity contribution in [1.82, 2.24) is 10.6 Å². The maximum Gasteiger partial charge on any atom is 0.191 e. The van der Waals surface area contributed by atoms with Crippen molar-refractivity contribution in [2.45, 2.75) is 51.6 Å². The van der Waals surface area contributed by atoms with E-state index in [1.807, 2.05) is 0 Å². The van der Waals surface area contributed by atoms with Crippen LogP contribution in [0.2, 0.25) is 0 Å². The number of sulfone groups is 1. The Kier molecular flexibility index (Phi) is 8.66. The van der Waals surface area contributed by atoms with E-state index >= 15 is 0 Å². The monoisotopic (exact) mass is 511 g/mol. The Hall–Kier alpha value is -0.350. The first-order chi connectivity index (χ1) is 12.0. The van der Waals surface area contributed by atoms with E-state index in [0.29, 0.717) is 36.6 Å². The van der Waals surface area contributed by atoms with Crippen LogP contribution < -0.4 is 10.6 Å². The lowest BCUT2D eigenvalue weighted by atomic mass is 9.86. The zero-order valence-corrected chi connectivity index (χ0v) is 19.3. The van der Waals surface area contributed by atoms with E-state index < -0.39 is 9.84 Å². The maximum absolute atomic E-state index is 11.7. The molecule has 2 fully saturated rings. The van der Waals surface area contributed by atoms with Gasteiger partial charge in [-0.2, -0.15) is 11.3 Å². The molecule has 2 N–H and O–H groups in total. The van der Waals surface area contributed by atoms with Crippen molar-refractivity contribution in [3.05, 3.63) is 22.4 Å². The van der Waals surface area contributed by atoms with E-state index in [4.69, 9.17) is 4.99 Å². The average Bonchev–Trinajstić information content (AvgIpc) is 3.21. The summed E-state index contributed by atoms with van der Waals surface area (Å²) in [5.41, 5.74) is 1.21. The lowest BCUT2D eigenvalue weighted by Crippen LogP contribution is -2.48. The van der Waals surface area contributed by atoms with Gasteiger partial charge >= 0.3 is 0 Å². The summed E-state index contributed by atoms with van der Waals surface area (Å²) in [5.74, 6) is 2.30. The predicted molar refractivity (Wildman–Crippen MR) is 120 cm³/mol. The van der Waals surface area contributed by atoms with Gasteiger partial charge in [-0.25, -0.2) is 13.4 Å². The molecular formula is C18H30IN3O2S2. The number of aliphatic imine (C=N–C) groups is 1. The first kappa shape index (κ1) is 21.9. The van der Waals surface area contributed by atoms with Crippen LogP contribution in [0.3, 0.4) is 0 Å². The van der Waals surface area contributed by atoms with Crippen LogP contribution in [-0.4, -0.2) is 38.5 Å². The summed E-state index contributed by atoms with van der Waals surface area (Å²) in [4.78, 5) is 4.74. The molecule has 3 unspecified atom stereocenters. The zero-order valence-electron chi connectivity index (χ0n) is 15.3. The van der Waals surface area contributed by atoms with Crippen LogP contribution in [0, 0.1) is 11.8 Å². The quantitative estimate of drug-likeness (QED) is 0.361. The van der Waals surface area contributed by atoms with Gasteiger partial charge in [0.05, 0.1) is 18.1 Å². The molecule has 1 saturated carbocycles. The summed E-state index contributed by atoms with van der Waals surface area (Å²) in [5, 5.41) is 11.2. The van der Waals surface area contributed by atoms with E-state index in [-0.39, 0.29) is 29.9 Å². The first-order valence-electron chi connectivity index (χ1n) is 9.28. The number of hydrogen-bond acceptors (Lipinski definition) is 4. The van der Waals surface area contributed by atoms with E-state index in [2.05, 4.69) is 34.4 Å². The van der Waals surface area contributed by atoms with Crippen molar-refractivity contribution in [3.8, 4) is 0 Å². The van der Waals surface area contributed by atoms with Crippen LogP contribution in [0.1, 0.15) is 44.6 Å². The van der Waals surface area contributed by atoms with Crippen molar-refractivity contribution < 1.29 is 8.42 Å². The Labute approximate surface area is 178 Å². The van der Waals surface area contributed by atoms with Crippen LogP contribution in [0.25, 0.3) is 0 Å². The summed E-state index contributed by atoms with van der Waals surface area (Å²) in [6, 6.07) is 2.55. The molecule has 8 heteroatoms. The zero-order chi connectivity index (χ0) is 17.7. The highest BCUT2D eigenvalue weighted by Crippen LogP contribution is 2.23. The molecule has 0 bridgehead atoms. The third kappa shape index (κ3) is 6.67.